The van der Waals surface area contributed by atoms with Crippen LogP contribution in [0, 0.1) is 0 Å². The van der Waals surface area contributed by atoms with Gasteiger partial charge in [-0.15, -0.1) is 0 Å². The zero-order valence-corrected chi connectivity index (χ0v) is 17.7. The first-order valence-corrected chi connectivity index (χ1v) is 10.6. The normalized spacial score (nSPS) is 15.2. The third-order valence-corrected chi connectivity index (χ3v) is 5.81. The molecule has 5 rings (SSSR count). The Balaban J connectivity index is 0.000000503. The molecule has 0 radical (unpaired) electrons. The van der Waals surface area contributed by atoms with Crippen LogP contribution in [0.1, 0.15) is 41.7 Å². The van der Waals surface area contributed by atoms with Gasteiger partial charge in [0.05, 0.1) is 5.69 Å². The SMILES string of the molecule is C/C=C/N.C/C=C1\Cc2ccc(N=Cc3ccc4c(c3)Cc3ccccc3-4)cc2C1. The molecule has 0 atom stereocenters. The number of aliphatic imine (C=N–C) groups is 1. The van der Waals surface area contributed by atoms with Gasteiger partial charge in [-0.05, 0) is 96.5 Å². The zero-order valence-electron chi connectivity index (χ0n) is 17.7. The Morgan fingerprint density at radius 2 is 1.53 bits per heavy atom. The van der Waals surface area contributed by atoms with Gasteiger partial charge in [0.25, 0.3) is 0 Å². The quantitative estimate of drug-likeness (QED) is 0.305. The Kier molecular flexibility index (Phi) is 5.94. The van der Waals surface area contributed by atoms with Crippen LogP contribution in [0.15, 0.2) is 89.6 Å². The minimum absolute atomic E-state index is 1.03. The summed E-state index contributed by atoms with van der Waals surface area (Å²) in [5.41, 5.74) is 17.0. The molecule has 30 heavy (non-hydrogen) atoms. The summed E-state index contributed by atoms with van der Waals surface area (Å²) in [6.07, 6.45) is 10.7. The Bertz CT molecular complexity index is 1150. The summed E-state index contributed by atoms with van der Waals surface area (Å²) in [6, 6.07) is 22.0. The molecule has 150 valence electrons. The minimum Gasteiger partial charge on any atom is -0.405 e. The lowest BCUT2D eigenvalue weighted by atomic mass is 10.0. The fourth-order valence-electron chi connectivity index (χ4n) is 4.18. The second kappa shape index (κ2) is 8.96. The molecular formula is C28H28N2. The Morgan fingerprint density at radius 1 is 0.767 bits per heavy atom. The molecule has 2 nitrogen and oxygen atoms in total. The molecule has 3 aromatic rings. The number of hydrogen-bond donors (Lipinski definition) is 1. The van der Waals surface area contributed by atoms with Crippen molar-refractivity contribution < 1.29 is 0 Å². The predicted octanol–water partition coefficient (Wildman–Crippen LogP) is 6.53. The van der Waals surface area contributed by atoms with Gasteiger partial charge < -0.3 is 5.73 Å². The average Bonchev–Trinajstić information content (AvgIpc) is 3.37. The van der Waals surface area contributed by atoms with E-state index in [-0.39, 0.29) is 0 Å². The molecule has 0 aliphatic heterocycles. The molecular weight excluding hydrogens is 364 g/mol. The van der Waals surface area contributed by atoms with Gasteiger partial charge in [0.2, 0.25) is 0 Å². The molecule has 0 aromatic heterocycles. The van der Waals surface area contributed by atoms with E-state index in [0.717, 1.165) is 24.9 Å². The first kappa shape index (κ1) is 19.9. The van der Waals surface area contributed by atoms with Crippen LogP contribution in [0.5, 0.6) is 0 Å². The Labute approximate surface area is 179 Å². The highest BCUT2D eigenvalue weighted by Crippen LogP contribution is 2.36. The third kappa shape index (κ3) is 4.13. The molecule has 0 spiro atoms. The number of rotatable bonds is 2. The largest absolute Gasteiger partial charge is 0.405 e. The minimum atomic E-state index is 1.03. The molecule has 2 aliphatic rings. The fourth-order valence-corrected chi connectivity index (χ4v) is 4.18. The molecule has 0 bridgehead atoms. The van der Waals surface area contributed by atoms with E-state index < -0.39 is 0 Å². The van der Waals surface area contributed by atoms with Crippen LogP contribution in [0.3, 0.4) is 0 Å². The van der Waals surface area contributed by atoms with Gasteiger partial charge in [0, 0.05) is 6.21 Å². The standard InChI is InChI=1S/C25H21N.C3H7N/c1-2-17-11-19-8-9-23(15-21(19)12-17)26-16-18-7-10-25-22(13-18)14-20-5-3-4-6-24(20)25;1-2-3-4/h2-10,13,15-16H,11-12,14H2,1H3;2-3H,4H2,1H3/b17-2+,26-16?;3-2+. The van der Waals surface area contributed by atoms with Gasteiger partial charge in [-0.25, -0.2) is 0 Å². The zero-order chi connectivity index (χ0) is 20.9. The first-order valence-electron chi connectivity index (χ1n) is 10.6. The van der Waals surface area contributed by atoms with Crippen molar-refractivity contribution in [3.8, 4) is 11.1 Å². The van der Waals surface area contributed by atoms with Crippen LogP contribution in [-0.2, 0) is 19.3 Å². The summed E-state index contributed by atoms with van der Waals surface area (Å²) < 4.78 is 0. The van der Waals surface area contributed by atoms with Gasteiger partial charge in [0.1, 0.15) is 0 Å². The van der Waals surface area contributed by atoms with E-state index >= 15 is 0 Å². The highest BCUT2D eigenvalue weighted by atomic mass is 14.7. The van der Waals surface area contributed by atoms with E-state index in [1.54, 1.807) is 6.08 Å². The summed E-state index contributed by atoms with van der Waals surface area (Å²) in [5.74, 6) is 0. The van der Waals surface area contributed by atoms with Crippen LogP contribution in [0.2, 0.25) is 0 Å². The highest BCUT2D eigenvalue weighted by molar-refractivity contribution is 5.86. The molecule has 0 saturated carbocycles. The molecule has 2 aliphatic carbocycles. The van der Waals surface area contributed by atoms with E-state index in [2.05, 4.69) is 73.7 Å². The molecule has 0 saturated heterocycles. The van der Waals surface area contributed by atoms with E-state index in [1.807, 2.05) is 13.1 Å². The fraction of sp³-hybridized carbons (Fsp3) is 0.179. The number of nitrogens with zero attached hydrogens (tertiary/aromatic N) is 1. The molecule has 0 amide bonds. The summed E-state index contributed by atoms with van der Waals surface area (Å²) >= 11 is 0. The number of nitrogens with two attached hydrogens (primary N) is 1. The van der Waals surface area contributed by atoms with Crippen LogP contribution in [-0.4, -0.2) is 6.21 Å². The summed E-state index contributed by atoms with van der Waals surface area (Å²) in [7, 11) is 0. The monoisotopic (exact) mass is 392 g/mol. The van der Waals surface area contributed by atoms with Crippen molar-refractivity contribution in [1.29, 1.82) is 0 Å². The van der Waals surface area contributed by atoms with E-state index in [0.29, 0.717) is 0 Å². The van der Waals surface area contributed by atoms with E-state index in [9.17, 15) is 0 Å². The molecule has 2 heteroatoms. The van der Waals surface area contributed by atoms with Crippen LogP contribution < -0.4 is 5.73 Å². The van der Waals surface area contributed by atoms with Crippen LogP contribution in [0.25, 0.3) is 11.1 Å². The lowest BCUT2D eigenvalue weighted by Crippen LogP contribution is -1.86. The lowest BCUT2D eigenvalue weighted by molar-refractivity contribution is 1.16. The van der Waals surface area contributed by atoms with Crippen LogP contribution >= 0.6 is 0 Å². The van der Waals surface area contributed by atoms with Crippen molar-refractivity contribution in [3.63, 3.8) is 0 Å². The topological polar surface area (TPSA) is 38.4 Å². The molecule has 0 fully saturated rings. The van der Waals surface area contributed by atoms with Gasteiger partial charge >= 0.3 is 0 Å². The second-order valence-electron chi connectivity index (χ2n) is 7.79. The van der Waals surface area contributed by atoms with Gasteiger partial charge in [0.15, 0.2) is 0 Å². The second-order valence-corrected chi connectivity index (χ2v) is 7.79. The number of benzene rings is 3. The van der Waals surface area contributed by atoms with Crippen molar-refractivity contribution in [3.05, 3.63) is 112 Å². The van der Waals surface area contributed by atoms with Crippen molar-refractivity contribution in [2.45, 2.75) is 33.1 Å². The van der Waals surface area contributed by atoms with Crippen LogP contribution in [0.4, 0.5) is 5.69 Å². The van der Waals surface area contributed by atoms with E-state index in [1.165, 1.54) is 50.7 Å². The maximum Gasteiger partial charge on any atom is 0.0632 e. The van der Waals surface area contributed by atoms with Crippen molar-refractivity contribution in [2.24, 2.45) is 10.7 Å². The third-order valence-electron chi connectivity index (χ3n) is 5.81. The maximum absolute atomic E-state index is 4.85. The summed E-state index contributed by atoms with van der Waals surface area (Å²) in [5, 5.41) is 0. The van der Waals surface area contributed by atoms with Gasteiger partial charge in [-0.1, -0.05) is 60.2 Å². The summed E-state index contributed by atoms with van der Waals surface area (Å²) in [6.45, 7) is 4.01. The lowest BCUT2D eigenvalue weighted by Gasteiger charge is -2.02. The van der Waals surface area contributed by atoms with Crippen molar-refractivity contribution >= 4 is 11.9 Å². The first-order chi connectivity index (χ1) is 14.7. The average molecular weight is 393 g/mol. The maximum atomic E-state index is 4.85. The number of hydrogen-bond acceptors (Lipinski definition) is 2. The van der Waals surface area contributed by atoms with Gasteiger partial charge in [-0.2, -0.15) is 0 Å². The number of fused-ring (bicyclic) bond motifs is 4. The number of allylic oxidation sites excluding steroid dienone is 3. The summed E-state index contributed by atoms with van der Waals surface area (Å²) in [4.78, 5) is 4.74. The molecule has 3 aromatic carbocycles. The Morgan fingerprint density at radius 3 is 2.33 bits per heavy atom. The highest BCUT2D eigenvalue weighted by Gasteiger charge is 2.17. The predicted molar refractivity (Wildman–Crippen MR) is 129 cm³/mol. The van der Waals surface area contributed by atoms with Crippen molar-refractivity contribution in [2.75, 3.05) is 0 Å². The Hall–Kier alpha value is -3.39. The van der Waals surface area contributed by atoms with E-state index in [4.69, 9.17) is 10.7 Å². The molecule has 0 heterocycles. The molecule has 2 N–H and O–H groups in total. The van der Waals surface area contributed by atoms with Crippen molar-refractivity contribution in [1.82, 2.24) is 0 Å². The smallest absolute Gasteiger partial charge is 0.0632 e. The van der Waals surface area contributed by atoms with Gasteiger partial charge in [-0.3, -0.25) is 4.99 Å². The molecule has 0 unspecified atom stereocenters.